The Hall–Kier alpha value is -1.60. The molecule has 0 aliphatic carbocycles. The summed E-state index contributed by atoms with van der Waals surface area (Å²) in [6.45, 7) is 0.651. The van der Waals surface area contributed by atoms with Crippen LogP contribution in [0.15, 0.2) is 23.2 Å². The Morgan fingerprint density at radius 2 is 2.41 bits per heavy atom. The first-order valence-electron chi connectivity index (χ1n) is 4.88. The van der Waals surface area contributed by atoms with Crippen molar-refractivity contribution in [2.45, 2.75) is 6.54 Å². The smallest absolute Gasteiger partial charge is 0.161 e. The summed E-state index contributed by atoms with van der Waals surface area (Å²) in [7, 11) is 1.91. The molecule has 2 aromatic rings. The van der Waals surface area contributed by atoms with E-state index in [-0.39, 0.29) is 0 Å². The van der Waals surface area contributed by atoms with E-state index < -0.39 is 0 Å². The van der Waals surface area contributed by atoms with E-state index in [4.69, 9.17) is 18.0 Å². The quantitative estimate of drug-likeness (QED) is 0.838. The molecule has 0 radical (unpaired) electrons. The molecule has 0 saturated carbocycles. The molecule has 2 rings (SSSR count). The number of nitrogens with two attached hydrogens (primary N) is 1. The second-order valence-electron chi connectivity index (χ2n) is 3.47. The maximum Gasteiger partial charge on any atom is 0.161 e. The first-order chi connectivity index (χ1) is 8.18. The maximum atomic E-state index is 5.65. The van der Waals surface area contributed by atoms with Crippen LogP contribution in [-0.4, -0.2) is 27.2 Å². The molecule has 2 aromatic heterocycles. The Labute approximate surface area is 108 Å². The molecule has 0 aromatic carbocycles. The highest BCUT2D eigenvalue weighted by Crippen LogP contribution is 2.17. The molecule has 0 atom stereocenters. The molecule has 0 bridgehead atoms. The van der Waals surface area contributed by atoms with Crippen LogP contribution >= 0.6 is 23.6 Å². The molecule has 0 aliphatic heterocycles. The van der Waals surface area contributed by atoms with Gasteiger partial charge in [-0.15, -0.1) is 16.4 Å². The number of rotatable bonds is 4. The molecule has 0 aliphatic rings. The molecule has 2 heterocycles. The average Bonchev–Trinajstić information content (AvgIpc) is 2.81. The van der Waals surface area contributed by atoms with Crippen molar-refractivity contribution < 1.29 is 0 Å². The van der Waals surface area contributed by atoms with E-state index in [1.807, 2.05) is 17.3 Å². The molecule has 88 valence electrons. The largest absolute Gasteiger partial charge is 0.389 e. The molecular weight excluding hydrogens is 254 g/mol. The van der Waals surface area contributed by atoms with Crippen LogP contribution in [0.4, 0.5) is 5.82 Å². The van der Waals surface area contributed by atoms with Crippen molar-refractivity contribution in [3.63, 3.8) is 0 Å². The van der Waals surface area contributed by atoms with Crippen molar-refractivity contribution in [1.82, 2.24) is 15.2 Å². The van der Waals surface area contributed by atoms with Gasteiger partial charge in [-0.3, -0.25) is 0 Å². The Morgan fingerprint density at radius 1 is 1.59 bits per heavy atom. The van der Waals surface area contributed by atoms with Crippen LogP contribution in [0.5, 0.6) is 0 Å². The van der Waals surface area contributed by atoms with Crippen molar-refractivity contribution in [3.8, 4) is 0 Å². The van der Waals surface area contributed by atoms with Crippen LogP contribution in [0.1, 0.15) is 11.3 Å². The van der Waals surface area contributed by atoms with Crippen LogP contribution in [0.25, 0.3) is 0 Å². The first kappa shape index (κ1) is 11.9. The van der Waals surface area contributed by atoms with E-state index in [2.05, 4.69) is 15.2 Å². The minimum Gasteiger partial charge on any atom is -0.389 e. The Bertz CT molecular complexity index is 511. The fraction of sp³-hybridized carbons (Fsp3) is 0.200. The lowest BCUT2D eigenvalue weighted by Gasteiger charge is -2.18. The van der Waals surface area contributed by atoms with E-state index in [0.29, 0.717) is 17.4 Å². The van der Waals surface area contributed by atoms with Gasteiger partial charge in [-0.05, 0) is 6.07 Å². The van der Waals surface area contributed by atoms with E-state index in [1.54, 1.807) is 29.1 Å². The van der Waals surface area contributed by atoms with Crippen molar-refractivity contribution in [2.24, 2.45) is 5.73 Å². The number of anilines is 1. The molecule has 0 fully saturated rings. The topological polar surface area (TPSA) is 67.9 Å². The molecular formula is C10H11N5S2. The van der Waals surface area contributed by atoms with Gasteiger partial charge in [0.05, 0.1) is 29.5 Å². The third-order valence-electron chi connectivity index (χ3n) is 2.21. The third-order valence-corrected chi connectivity index (χ3v) is 3.07. The molecule has 0 spiro atoms. The number of thiazole rings is 1. The predicted molar refractivity (Wildman–Crippen MR) is 72.1 cm³/mol. The minimum atomic E-state index is 0.319. The third kappa shape index (κ3) is 2.75. The van der Waals surface area contributed by atoms with E-state index >= 15 is 0 Å². The standard InChI is InChI=1S/C10H11N5S2/c1-15(4-7-5-17-6-12-7)10-8(9(11)16)2-3-13-14-10/h2-3,5-6H,4H2,1H3,(H2,11,16). The normalized spacial score (nSPS) is 10.2. The van der Waals surface area contributed by atoms with Crippen LogP contribution in [0.3, 0.4) is 0 Å². The number of thiocarbonyl (C=S) groups is 1. The summed E-state index contributed by atoms with van der Waals surface area (Å²) >= 11 is 6.55. The van der Waals surface area contributed by atoms with Gasteiger partial charge in [-0.25, -0.2) is 4.98 Å². The lowest BCUT2D eigenvalue weighted by Crippen LogP contribution is -2.23. The van der Waals surface area contributed by atoms with Crippen molar-refractivity contribution in [1.29, 1.82) is 0 Å². The first-order valence-corrected chi connectivity index (χ1v) is 6.23. The second-order valence-corrected chi connectivity index (χ2v) is 4.63. The SMILES string of the molecule is CN(Cc1cscn1)c1nnccc1C(N)=S. The Kier molecular flexibility index (Phi) is 3.60. The van der Waals surface area contributed by atoms with Gasteiger partial charge in [0.25, 0.3) is 0 Å². The molecule has 17 heavy (non-hydrogen) atoms. The van der Waals surface area contributed by atoms with E-state index in [0.717, 1.165) is 11.3 Å². The summed E-state index contributed by atoms with van der Waals surface area (Å²) in [5, 5.41) is 9.91. The Morgan fingerprint density at radius 3 is 3.06 bits per heavy atom. The highest BCUT2D eigenvalue weighted by atomic mass is 32.1. The number of hydrogen-bond donors (Lipinski definition) is 1. The molecule has 2 N–H and O–H groups in total. The fourth-order valence-corrected chi connectivity index (χ4v) is 2.14. The monoisotopic (exact) mass is 265 g/mol. The molecule has 5 nitrogen and oxygen atoms in total. The van der Waals surface area contributed by atoms with Gasteiger partial charge in [-0.2, -0.15) is 5.10 Å². The van der Waals surface area contributed by atoms with Crippen molar-refractivity contribution >= 4 is 34.4 Å². The summed E-state index contributed by atoms with van der Waals surface area (Å²) < 4.78 is 0. The number of nitrogens with zero attached hydrogens (tertiary/aromatic N) is 4. The number of hydrogen-bond acceptors (Lipinski definition) is 6. The summed E-state index contributed by atoms with van der Waals surface area (Å²) in [5.41, 5.74) is 9.16. The molecule has 0 unspecified atom stereocenters. The van der Waals surface area contributed by atoms with Crippen LogP contribution < -0.4 is 10.6 Å². The van der Waals surface area contributed by atoms with E-state index in [9.17, 15) is 0 Å². The minimum absolute atomic E-state index is 0.319. The zero-order valence-electron chi connectivity index (χ0n) is 9.20. The van der Waals surface area contributed by atoms with Crippen LogP contribution in [0.2, 0.25) is 0 Å². The van der Waals surface area contributed by atoms with Gasteiger partial charge in [-0.1, -0.05) is 12.2 Å². The zero-order valence-corrected chi connectivity index (χ0v) is 10.8. The second kappa shape index (κ2) is 5.15. The number of aromatic nitrogens is 3. The maximum absolute atomic E-state index is 5.65. The fourth-order valence-electron chi connectivity index (χ4n) is 1.43. The van der Waals surface area contributed by atoms with Crippen LogP contribution in [0, 0.1) is 0 Å². The zero-order chi connectivity index (χ0) is 12.3. The summed E-state index contributed by atoms with van der Waals surface area (Å²) in [6, 6.07) is 1.77. The van der Waals surface area contributed by atoms with Gasteiger partial charge < -0.3 is 10.6 Å². The average molecular weight is 265 g/mol. The summed E-state index contributed by atoms with van der Waals surface area (Å²) in [6.07, 6.45) is 1.58. The summed E-state index contributed by atoms with van der Waals surface area (Å²) in [5.74, 6) is 0.674. The van der Waals surface area contributed by atoms with Gasteiger partial charge in [0, 0.05) is 12.4 Å². The highest BCUT2D eigenvalue weighted by molar-refractivity contribution is 7.80. The molecule has 7 heteroatoms. The Balaban J connectivity index is 2.24. The van der Waals surface area contributed by atoms with Crippen molar-refractivity contribution in [2.75, 3.05) is 11.9 Å². The van der Waals surface area contributed by atoms with Gasteiger partial charge in [0.15, 0.2) is 5.82 Å². The molecule has 0 saturated heterocycles. The lowest BCUT2D eigenvalue weighted by atomic mass is 10.2. The van der Waals surface area contributed by atoms with Gasteiger partial charge in [0.2, 0.25) is 0 Å². The van der Waals surface area contributed by atoms with Gasteiger partial charge in [0.1, 0.15) is 4.99 Å². The lowest BCUT2D eigenvalue weighted by molar-refractivity contribution is 0.847. The van der Waals surface area contributed by atoms with Gasteiger partial charge >= 0.3 is 0 Å². The molecule has 0 amide bonds. The highest BCUT2D eigenvalue weighted by Gasteiger charge is 2.12. The van der Waals surface area contributed by atoms with Crippen LogP contribution in [-0.2, 0) is 6.54 Å². The van der Waals surface area contributed by atoms with Crippen molar-refractivity contribution in [3.05, 3.63) is 34.4 Å². The predicted octanol–water partition coefficient (Wildman–Crippen LogP) is 1.20. The van der Waals surface area contributed by atoms with E-state index in [1.165, 1.54) is 0 Å². The summed E-state index contributed by atoms with van der Waals surface area (Å²) in [4.78, 5) is 6.47.